The molecule has 1 atom stereocenters. The molecule has 2 heteroatoms. The van der Waals surface area contributed by atoms with E-state index in [1.807, 2.05) is 0 Å². The Balaban J connectivity index is 0. The summed E-state index contributed by atoms with van der Waals surface area (Å²) in [5.41, 5.74) is 0. The molecule has 0 spiro atoms. The molecule has 0 aliphatic rings. The van der Waals surface area contributed by atoms with Crippen LogP contribution in [-0.2, 0) is 0 Å². The van der Waals surface area contributed by atoms with E-state index in [0.29, 0.717) is 0 Å². The van der Waals surface area contributed by atoms with E-state index in [4.69, 9.17) is 0 Å². The molecule has 0 aromatic carbocycles. The third-order valence-corrected chi connectivity index (χ3v) is 10.2. The van der Waals surface area contributed by atoms with Crippen molar-refractivity contribution in [3.63, 3.8) is 0 Å². The maximum Gasteiger partial charge on any atom is 0.0622 e. The number of halogens is 1. The lowest BCUT2D eigenvalue weighted by atomic mass is 10.0. The van der Waals surface area contributed by atoms with Crippen molar-refractivity contribution < 1.29 is 0 Å². The molecule has 1 unspecified atom stereocenters. The van der Waals surface area contributed by atoms with Crippen molar-refractivity contribution in [2.24, 2.45) is 5.92 Å². The second-order valence-electron chi connectivity index (χ2n) is 7.17. The average Bonchev–Trinajstić information content (AvgIpc) is 2.52. The van der Waals surface area contributed by atoms with Crippen molar-refractivity contribution >= 4 is 24.2 Å². The summed E-state index contributed by atoms with van der Waals surface area (Å²) in [5.74, 6) is 1.03. The molecule has 0 saturated carbocycles. The summed E-state index contributed by atoms with van der Waals surface area (Å²) >= 11 is 0. The van der Waals surface area contributed by atoms with Gasteiger partial charge in [-0.1, -0.05) is 66.7 Å². The zero-order chi connectivity index (χ0) is 16.0. The highest BCUT2D eigenvalue weighted by atomic mass is 79.9. The predicted molar refractivity (Wildman–Crippen MR) is 115 cm³/mol. The predicted octanol–water partition coefficient (Wildman–Crippen LogP) is 8.20. The Hall–Kier alpha value is 0.910. The Morgan fingerprint density at radius 2 is 1.05 bits per heavy atom. The standard InChI is InChI=1S/C20H44P.BrH/c1-6-11-15-20(10-5)19-21(16-12-7-2,17-13-8-3)18-14-9-4;/h20H,6-19H2,1-5H3;1H/q+1;. The van der Waals surface area contributed by atoms with Crippen LogP contribution in [0, 0.1) is 5.92 Å². The molecule has 136 valence electrons. The highest BCUT2D eigenvalue weighted by molar-refractivity contribution is 8.93. The molecule has 0 rings (SSSR count). The maximum atomic E-state index is 2.44. The minimum atomic E-state index is -0.659. The molecule has 0 nitrogen and oxygen atoms in total. The van der Waals surface area contributed by atoms with Crippen LogP contribution in [-0.4, -0.2) is 24.6 Å². The second kappa shape index (κ2) is 16.8. The van der Waals surface area contributed by atoms with Gasteiger partial charge in [0.05, 0.1) is 24.6 Å². The van der Waals surface area contributed by atoms with E-state index in [0.717, 1.165) is 5.92 Å². The largest absolute Gasteiger partial charge is 0.114 e. The topological polar surface area (TPSA) is 0 Å². The Labute approximate surface area is 153 Å². The van der Waals surface area contributed by atoms with Crippen molar-refractivity contribution in [2.45, 2.75) is 98.8 Å². The van der Waals surface area contributed by atoms with E-state index in [9.17, 15) is 0 Å². The highest BCUT2D eigenvalue weighted by Crippen LogP contribution is 2.62. The van der Waals surface area contributed by atoms with Gasteiger partial charge in [0, 0.05) is 7.26 Å². The quantitative estimate of drug-likeness (QED) is 0.245. The molecular weight excluding hydrogens is 351 g/mol. The summed E-state index contributed by atoms with van der Waals surface area (Å²) in [6.07, 6.45) is 20.8. The van der Waals surface area contributed by atoms with E-state index >= 15 is 0 Å². The molecule has 0 fully saturated rings. The third kappa shape index (κ3) is 11.4. The van der Waals surface area contributed by atoms with Crippen LogP contribution in [0.15, 0.2) is 0 Å². The van der Waals surface area contributed by atoms with Gasteiger partial charge in [-0.05, 0) is 38.0 Å². The van der Waals surface area contributed by atoms with Gasteiger partial charge in [0.2, 0.25) is 0 Å². The van der Waals surface area contributed by atoms with Crippen molar-refractivity contribution in [3.05, 3.63) is 0 Å². The highest BCUT2D eigenvalue weighted by Gasteiger charge is 2.37. The lowest BCUT2D eigenvalue weighted by Gasteiger charge is -2.31. The molecule has 0 N–H and O–H groups in total. The van der Waals surface area contributed by atoms with Crippen LogP contribution < -0.4 is 0 Å². The van der Waals surface area contributed by atoms with Gasteiger partial charge in [0.25, 0.3) is 0 Å². The van der Waals surface area contributed by atoms with Crippen LogP contribution >= 0.6 is 24.2 Å². The van der Waals surface area contributed by atoms with E-state index in [1.165, 1.54) is 64.2 Å². The van der Waals surface area contributed by atoms with E-state index in [2.05, 4.69) is 34.6 Å². The summed E-state index contributed by atoms with van der Waals surface area (Å²) in [5, 5.41) is 0. The van der Waals surface area contributed by atoms with Gasteiger partial charge in [-0.3, -0.25) is 0 Å². The van der Waals surface area contributed by atoms with Crippen molar-refractivity contribution in [3.8, 4) is 0 Å². The van der Waals surface area contributed by atoms with Crippen LogP contribution in [0.1, 0.15) is 98.8 Å². The van der Waals surface area contributed by atoms with E-state index in [-0.39, 0.29) is 17.0 Å². The van der Waals surface area contributed by atoms with Gasteiger partial charge in [0.1, 0.15) is 0 Å². The first-order valence-corrected chi connectivity index (χ1v) is 12.6. The number of rotatable bonds is 15. The normalized spacial score (nSPS) is 13.0. The van der Waals surface area contributed by atoms with Crippen LogP contribution in [0.4, 0.5) is 0 Å². The fourth-order valence-electron chi connectivity index (χ4n) is 3.55. The maximum absolute atomic E-state index is 2.44. The number of unbranched alkanes of at least 4 members (excludes halogenated alkanes) is 4. The molecule has 0 saturated heterocycles. The van der Waals surface area contributed by atoms with E-state index in [1.54, 1.807) is 24.6 Å². The van der Waals surface area contributed by atoms with Gasteiger partial charge in [0.15, 0.2) is 0 Å². The Bertz CT molecular complexity index is 196. The summed E-state index contributed by atoms with van der Waals surface area (Å²) < 4.78 is 0. The van der Waals surface area contributed by atoms with Gasteiger partial charge in [-0.25, -0.2) is 0 Å². The minimum absolute atomic E-state index is 0. The molecular formula is C20H45BrP+. The van der Waals surface area contributed by atoms with Crippen molar-refractivity contribution in [1.29, 1.82) is 0 Å². The Kier molecular flexibility index (Phi) is 19.2. The summed E-state index contributed by atoms with van der Waals surface area (Å²) in [7, 11) is -0.659. The molecule has 0 bridgehead atoms. The SMILES string of the molecule is Br.CCCCC(CC)C[P+](CCCC)(CCCC)CCCC. The lowest BCUT2D eigenvalue weighted by molar-refractivity contribution is 0.494. The third-order valence-electron chi connectivity index (χ3n) is 5.15. The number of hydrogen-bond acceptors (Lipinski definition) is 0. The molecule has 0 amide bonds. The second-order valence-corrected chi connectivity index (χ2v) is 11.6. The van der Waals surface area contributed by atoms with Gasteiger partial charge in [-0.2, -0.15) is 0 Å². The molecule has 0 aromatic heterocycles. The van der Waals surface area contributed by atoms with Crippen LogP contribution in [0.5, 0.6) is 0 Å². The molecule has 22 heavy (non-hydrogen) atoms. The van der Waals surface area contributed by atoms with Crippen molar-refractivity contribution in [2.75, 3.05) is 24.6 Å². The summed E-state index contributed by atoms with van der Waals surface area (Å²) in [6.45, 7) is 11.9. The molecule has 0 radical (unpaired) electrons. The monoisotopic (exact) mass is 395 g/mol. The Morgan fingerprint density at radius 1 is 0.636 bits per heavy atom. The lowest BCUT2D eigenvalue weighted by Crippen LogP contribution is -2.18. The first-order valence-electron chi connectivity index (χ1n) is 10.0. The zero-order valence-corrected chi connectivity index (χ0v) is 18.9. The molecule has 0 aromatic rings. The fraction of sp³-hybridized carbons (Fsp3) is 1.00. The van der Waals surface area contributed by atoms with Gasteiger partial charge >= 0.3 is 0 Å². The minimum Gasteiger partial charge on any atom is -0.114 e. The van der Waals surface area contributed by atoms with Crippen LogP contribution in [0.3, 0.4) is 0 Å². The van der Waals surface area contributed by atoms with Crippen LogP contribution in [0.25, 0.3) is 0 Å². The average molecular weight is 396 g/mol. The van der Waals surface area contributed by atoms with Crippen molar-refractivity contribution in [1.82, 2.24) is 0 Å². The fourth-order valence-corrected chi connectivity index (χ4v) is 9.27. The smallest absolute Gasteiger partial charge is 0.0622 e. The Morgan fingerprint density at radius 3 is 1.36 bits per heavy atom. The molecule has 0 heterocycles. The summed E-state index contributed by atoms with van der Waals surface area (Å²) in [4.78, 5) is 0. The molecule has 0 aliphatic carbocycles. The van der Waals surface area contributed by atoms with Gasteiger partial charge < -0.3 is 0 Å². The number of hydrogen-bond donors (Lipinski definition) is 0. The molecule has 0 aliphatic heterocycles. The first-order chi connectivity index (χ1) is 10.2. The first kappa shape index (κ1) is 25.2. The zero-order valence-electron chi connectivity index (χ0n) is 16.3. The summed E-state index contributed by atoms with van der Waals surface area (Å²) in [6, 6.07) is 0. The van der Waals surface area contributed by atoms with Gasteiger partial charge in [-0.15, -0.1) is 17.0 Å². The van der Waals surface area contributed by atoms with E-state index < -0.39 is 7.26 Å². The van der Waals surface area contributed by atoms with Crippen LogP contribution in [0.2, 0.25) is 0 Å².